The molecule has 144 valence electrons. The van der Waals surface area contributed by atoms with E-state index in [9.17, 15) is 19.5 Å². The Kier molecular flexibility index (Phi) is 7.62. The number of nitrogens with zero attached hydrogens (tertiary/aromatic N) is 2. The van der Waals surface area contributed by atoms with Crippen molar-refractivity contribution in [2.75, 3.05) is 6.54 Å². The molecule has 8 nitrogen and oxygen atoms in total. The fourth-order valence-corrected chi connectivity index (χ4v) is 2.97. The van der Waals surface area contributed by atoms with Crippen molar-refractivity contribution in [3.63, 3.8) is 0 Å². The first kappa shape index (κ1) is 20.2. The van der Waals surface area contributed by atoms with E-state index in [1.165, 1.54) is 4.90 Å². The lowest BCUT2D eigenvalue weighted by atomic mass is 10.1. The zero-order valence-electron chi connectivity index (χ0n) is 15.0. The number of carboxylic acids is 1. The van der Waals surface area contributed by atoms with E-state index >= 15 is 0 Å². The first-order chi connectivity index (χ1) is 13.0. The van der Waals surface area contributed by atoms with Crippen molar-refractivity contribution < 1.29 is 24.2 Å². The minimum atomic E-state index is -1.16. The molecule has 27 heavy (non-hydrogen) atoms. The highest BCUT2D eigenvalue weighted by atomic mass is 16.6. The number of benzene rings is 1. The van der Waals surface area contributed by atoms with Gasteiger partial charge in [0.2, 0.25) is 5.91 Å². The highest BCUT2D eigenvalue weighted by Crippen LogP contribution is 2.19. The van der Waals surface area contributed by atoms with Crippen molar-refractivity contribution in [3.8, 4) is 6.07 Å². The number of likely N-dealkylation sites (tertiary alicyclic amines) is 1. The summed E-state index contributed by atoms with van der Waals surface area (Å²) in [7, 11) is 0. The molecule has 1 aliphatic rings. The highest BCUT2D eigenvalue weighted by molar-refractivity contribution is 5.89. The van der Waals surface area contributed by atoms with E-state index in [4.69, 9.17) is 10.00 Å². The summed E-state index contributed by atoms with van der Waals surface area (Å²) in [6, 6.07) is 9.34. The number of carbonyl (C=O) groups excluding carboxylic acids is 2. The smallest absolute Gasteiger partial charge is 0.410 e. The number of amides is 2. The van der Waals surface area contributed by atoms with Gasteiger partial charge in [0, 0.05) is 13.0 Å². The minimum absolute atomic E-state index is 0.108. The number of hydrogen-bond donors (Lipinski definition) is 2. The van der Waals surface area contributed by atoms with Gasteiger partial charge in [-0.25, -0.2) is 9.59 Å². The lowest BCUT2D eigenvalue weighted by molar-refractivity contribution is -0.142. The summed E-state index contributed by atoms with van der Waals surface area (Å²) in [5.74, 6) is -1.66. The molecule has 2 amide bonds. The van der Waals surface area contributed by atoms with Gasteiger partial charge < -0.3 is 15.2 Å². The SMILES string of the molecule is N#CCCC[C@H](NC(=O)[C@H]1CCCN1C(=O)OCc1ccccc1)C(=O)O. The van der Waals surface area contributed by atoms with Gasteiger partial charge in [0.25, 0.3) is 0 Å². The largest absolute Gasteiger partial charge is 0.480 e. The van der Waals surface area contributed by atoms with Crippen LogP contribution in [0.4, 0.5) is 4.79 Å². The summed E-state index contributed by atoms with van der Waals surface area (Å²) in [4.78, 5) is 37.5. The standard InChI is InChI=1S/C19H23N3O5/c20-11-5-4-9-15(18(24)25)21-17(23)16-10-6-12-22(16)19(26)27-13-14-7-2-1-3-8-14/h1-3,7-8,15-16H,4-6,9-10,12-13H2,(H,21,23)(H,24,25)/t15-,16+/m0/s1. The van der Waals surface area contributed by atoms with Crippen molar-refractivity contribution in [2.24, 2.45) is 0 Å². The van der Waals surface area contributed by atoms with Gasteiger partial charge in [0.05, 0.1) is 6.07 Å². The summed E-state index contributed by atoms with van der Waals surface area (Å²) in [6.45, 7) is 0.494. The van der Waals surface area contributed by atoms with E-state index in [0.29, 0.717) is 25.8 Å². The summed E-state index contributed by atoms with van der Waals surface area (Å²) in [6.07, 6.45) is 1.27. The summed E-state index contributed by atoms with van der Waals surface area (Å²) in [5.41, 5.74) is 0.842. The third-order valence-electron chi connectivity index (χ3n) is 4.39. The van der Waals surface area contributed by atoms with E-state index in [2.05, 4.69) is 5.32 Å². The Hall–Kier alpha value is -3.08. The summed E-state index contributed by atoms with van der Waals surface area (Å²) < 4.78 is 5.28. The first-order valence-corrected chi connectivity index (χ1v) is 8.90. The molecule has 0 saturated carbocycles. The fourth-order valence-electron chi connectivity index (χ4n) is 2.97. The van der Waals surface area contributed by atoms with Crippen LogP contribution in [0.25, 0.3) is 0 Å². The maximum absolute atomic E-state index is 12.5. The molecule has 1 aromatic rings. The molecule has 0 unspecified atom stereocenters. The van der Waals surface area contributed by atoms with Gasteiger partial charge in [-0.15, -0.1) is 0 Å². The second-order valence-corrected chi connectivity index (χ2v) is 6.34. The minimum Gasteiger partial charge on any atom is -0.480 e. The van der Waals surface area contributed by atoms with Gasteiger partial charge in [0.1, 0.15) is 18.7 Å². The van der Waals surface area contributed by atoms with Crippen molar-refractivity contribution in [2.45, 2.75) is 50.8 Å². The Morgan fingerprint density at radius 1 is 1.33 bits per heavy atom. The highest BCUT2D eigenvalue weighted by Gasteiger charge is 2.36. The lowest BCUT2D eigenvalue weighted by Gasteiger charge is -2.25. The zero-order valence-corrected chi connectivity index (χ0v) is 15.0. The Bertz CT molecular complexity index is 701. The number of hydrogen-bond acceptors (Lipinski definition) is 5. The number of unbranched alkanes of at least 4 members (excludes halogenated alkanes) is 1. The number of nitriles is 1. The van der Waals surface area contributed by atoms with E-state index < -0.39 is 30.1 Å². The van der Waals surface area contributed by atoms with Crippen LogP contribution in [-0.4, -0.2) is 46.6 Å². The number of carboxylic acid groups (broad SMARTS) is 1. The third-order valence-corrected chi connectivity index (χ3v) is 4.39. The third kappa shape index (κ3) is 5.99. The molecule has 2 N–H and O–H groups in total. The van der Waals surface area contributed by atoms with Crippen molar-refractivity contribution >= 4 is 18.0 Å². The Morgan fingerprint density at radius 2 is 2.07 bits per heavy atom. The van der Waals surface area contributed by atoms with Crippen LogP contribution in [0.3, 0.4) is 0 Å². The molecule has 0 aromatic heterocycles. The quantitative estimate of drug-likeness (QED) is 0.673. The Labute approximate surface area is 157 Å². The molecule has 2 rings (SSSR count). The molecule has 0 radical (unpaired) electrons. The van der Waals surface area contributed by atoms with E-state index in [0.717, 1.165) is 5.56 Å². The number of rotatable bonds is 8. The van der Waals surface area contributed by atoms with Crippen LogP contribution in [0.1, 0.15) is 37.7 Å². The van der Waals surface area contributed by atoms with E-state index in [1.54, 1.807) is 0 Å². The van der Waals surface area contributed by atoms with Gasteiger partial charge in [-0.2, -0.15) is 5.26 Å². The van der Waals surface area contributed by atoms with Crippen LogP contribution in [0.5, 0.6) is 0 Å². The average Bonchev–Trinajstić information content (AvgIpc) is 3.16. The molecule has 2 atom stereocenters. The summed E-state index contributed by atoms with van der Waals surface area (Å²) in [5, 5.41) is 20.3. The average molecular weight is 373 g/mol. The molecular weight excluding hydrogens is 350 g/mol. The Balaban J connectivity index is 1.91. The molecule has 0 bridgehead atoms. The van der Waals surface area contributed by atoms with Crippen LogP contribution in [0.15, 0.2) is 30.3 Å². The van der Waals surface area contributed by atoms with Crippen LogP contribution in [0.2, 0.25) is 0 Å². The monoisotopic (exact) mass is 373 g/mol. The predicted octanol–water partition coefficient (Wildman–Crippen LogP) is 2.05. The molecule has 1 aromatic carbocycles. The molecule has 8 heteroatoms. The lowest BCUT2D eigenvalue weighted by Crippen LogP contribution is -2.50. The van der Waals surface area contributed by atoms with Gasteiger partial charge in [-0.05, 0) is 31.2 Å². The van der Waals surface area contributed by atoms with Gasteiger partial charge >= 0.3 is 12.1 Å². The molecule has 0 spiro atoms. The predicted molar refractivity (Wildman–Crippen MR) is 95.4 cm³/mol. The number of carbonyl (C=O) groups is 3. The summed E-state index contributed by atoms with van der Waals surface area (Å²) >= 11 is 0. The normalized spacial score (nSPS) is 17.0. The zero-order chi connectivity index (χ0) is 19.6. The van der Waals surface area contributed by atoms with Crippen LogP contribution in [0, 0.1) is 11.3 Å². The Morgan fingerprint density at radius 3 is 2.74 bits per heavy atom. The molecule has 1 saturated heterocycles. The molecule has 1 aliphatic heterocycles. The maximum Gasteiger partial charge on any atom is 0.410 e. The number of ether oxygens (including phenoxy) is 1. The van der Waals surface area contributed by atoms with Crippen LogP contribution in [-0.2, 0) is 20.9 Å². The van der Waals surface area contributed by atoms with Crippen molar-refractivity contribution in [1.82, 2.24) is 10.2 Å². The van der Waals surface area contributed by atoms with Gasteiger partial charge in [-0.1, -0.05) is 30.3 Å². The molecule has 1 heterocycles. The maximum atomic E-state index is 12.5. The van der Waals surface area contributed by atoms with Crippen molar-refractivity contribution in [3.05, 3.63) is 35.9 Å². The van der Waals surface area contributed by atoms with Gasteiger partial charge in [0.15, 0.2) is 0 Å². The van der Waals surface area contributed by atoms with Crippen molar-refractivity contribution in [1.29, 1.82) is 5.26 Å². The van der Waals surface area contributed by atoms with E-state index in [1.807, 2.05) is 36.4 Å². The first-order valence-electron chi connectivity index (χ1n) is 8.90. The number of nitrogens with one attached hydrogen (secondary N) is 1. The van der Waals surface area contributed by atoms with Gasteiger partial charge in [-0.3, -0.25) is 9.69 Å². The second-order valence-electron chi connectivity index (χ2n) is 6.34. The molecule has 1 fully saturated rings. The number of aliphatic carboxylic acids is 1. The van der Waals surface area contributed by atoms with Crippen LogP contribution < -0.4 is 5.32 Å². The second kappa shape index (κ2) is 10.2. The molecule has 0 aliphatic carbocycles. The van der Waals surface area contributed by atoms with Crippen LogP contribution >= 0.6 is 0 Å². The van der Waals surface area contributed by atoms with E-state index in [-0.39, 0.29) is 19.4 Å². The fraction of sp³-hybridized carbons (Fsp3) is 0.474. The molecular formula is C19H23N3O5. The topological polar surface area (TPSA) is 120 Å².